The molecular formula is C17H23N3O2S. The summed E-state index contributed by atoms with van der Waals surface area (Å²) in [6, 6.07) is 7.73. The molecule has 5 nitrogen and oxygen atoms in total. The Balaban J connectivity index is 1.77. The van der Waals surface area contributed by atoms with Crippen LogP contribution in [0, 0.1) is 0 Å². The summed E-state index contributed by atoms with van der Waals surface area (Å²) in [5.41, 5.74) is 2.03. The first-order valence-corrected chi connectivity index (χ1v) is 8.59. The molecule has 23 heavy (non-hydrogen) atoms. The number of hydrogen-bond acceptors (Lipinski definition) is 4. The van der Waals surface area contributed by atoms with Crippen molar-refractivity contribution in [3.8, 4) is 5.75 Å². The summed E-state index contributed by atoms with van der Waals surface area (Å²) in [6.07, 6.45) is 1.68. The Labute approximate surface area is 141 Å². The number of rotatable bonds is 7. The minimum atomic E-state index is -0.175. The van der Waals surface area contributed by atoms with Crippen LogP contribution < -0.4 is 15.4 Å². The van der Waals surface area contributed by atoms with E-state index in [0.717, 1.165) is 34.9 Å². The third kappa shape index (κ3) is 5.56. The summed E-state index contributed by atoms with van der Waals surface area (Å²) in [7, 11) is 1.65. The zero-order valence-electron chi connectivity index (χ0n) is 13.8. The van der Waals surface area contributed by atoms with Crippen LogP contribution in [-0.4, -0.2) is 24.2 Å². The smallest absolute Gasteiger partial charge is 0.315 e. The number of benzene rings is 1. The molecule has 0 radical (unpaired) electrons. The van der Waals surface area contributed by atoms with E-state index in [-0.39, 0.29) is 12.1 Å². The van der Waals surface area contributed by atoms with Crippen molar-refractivity contribution in [3.05, 3.63) is 45.9 Å². The number of thiazole rings is 1. The van der Waals surface area contributed by atoms with Crippen LogP contribution in [0.1, 0.15) is 30.1 Å². The number of urea groups is 1. The van der Waals surface area contributed by atoms with Gasteiger partial charge < -0.3 is 15.4 Å². The lowest BCUT2D eigenvalue weighted by Crippen LogP contribution is -2.41. The van der Waals surface area contributed by atoms with E-state index in [4.69, 9.17) is 4.74 Å². The molecule has 2 aromatic rings. The third-order valence-electron chi connectivity index (χ3n) is 3.39. The normalized spacial score (nSPS) is 11.8. The monoisotopic (exact) mass is 333 g/mol. The van der Waals surface area contributed by atoms with Crippen LogP contribution in [0.25, 0.3) is 0 Å². The van der Waals surface area contributed by atoms with Gasteiger partial charge in [0.05, 0.1) is 24.4 Å². The van der Waals surface area contributed by atoms with Crippen LogP contribution in [0.15, 0.2) is 29.6 Å². The Hall–Kier alpha value is -2.08. The van der Waals surface area contributed by atoms with Crippen molar-refractivity contribution >= 4 is 17.4 Å². The van der Waals surface area contributed by atoms with Gasteiger partial charge in [-0.25, -0.2) is 9.78 Å². The van der Waals surface area contributed by atoms with Gasteiger partial charge in [0.1, 0.15) is 5.75 Å². The average molecular weight is 333 g/mol. The first kappa shape index (κ1) is 17.3. The van der Waals surface area contributed by atoms with Crippen LogP contribution in [-0.2, 0) is 19.4 Å². The number of nitrogens with one attached hydrogen (secondary N) is 2. The summed E-state index contributed by atoms with van der Waals surface area (Å²) in [6.45, 7) is 4.51. The molecule has 0 fully saturated rings. The molecule has 1 aromatic carbocycles. The summed E-state index contributed by atoms with van der Waals surface area (Å²) in [4.78, 5) is 16.4. The number of carbonyl (C=O) groups is 1. The lowest BCUT2D eigenvalue weighted by molar-refractivity contribution is 0.237. The summed E-state index contributed by atoms with van der Waals surface area (Å²) in [5, 5.41) is 8.86. The van der Waals surface area contributed by atoms with Crippen molar-refractivity contribution in [2.75, 3.05) is 7.11 Å². The number of aromatic nitrogens is 1. The predicted octanol–water partition coefficient (Wildman–Crippen LogP) is 3.14. The molecule has 0 aliphatic carbocycles. The van der Waals surface area contributed by atoms with Gasteiger partial charge in [-0.15, -0.1) is 11.3 Å². The molecule has 1 heterocycles. The number of methoxy groups -OCH3 is 1. The molecule has 0 spiro atoms. The fourth-order valence-corrected chi connectivity index (χ4v) is 2.99. The Bertz CT molecular complexity index is 642. The molecule has 6 heteroatoms. The van der Waals surface area contributed by atoms with Crippen molar-refractivity contribution in [2.45, 2.75) is 39.3 Å². The second-order valence-electron chi connectivity index (χ2n) is 5.37. The number of ether oxygens (including phenoxy) is 1. The second kappa shape index (κ2) is 8.53. The van der Waals surface area contributed by atoms with Crippen LogP contribution in [0.5, 0.6) is 5.75 Å². The molecule has 1 aromatic heterocycles. The zero-order valence-corrected chi connectivity index (χ0v) is 14.6. The van der Waals surface area contributed by atoms with Gasteiger partial charge in [0.2, 0.25) is 0 Å². The highest BCUT2D eigenvalue weighted by atomic mass is 32.1. The lowest BCUT2D eigenvalue weighted by atomic mass is 10.1. The highest BCUT2D eigenvalue weighted by Crippen LogP contribution is 2.14. The van der Waals surface area contributed by atoms with Crippen LogP contribution >= 0.6 is 11.3 Å². The molecule has 0 unspecified atom stereocenters. The molecule has 0 saturated heterocycles. The fourth-order valence-electron chi connectivity index (χ4n) is 2.24. The minimum Gasteiger partial charge on any atom is -0.497 e. The van der Waals surface area contributed by atoms with E-state index < -0.39 is 0 Å². The van der Waals surface area contributed by atoms with Gasteiger partial charge in [-0.05, 0) is 37.5 Å². The van der Waals surface area contributed by atoms with E-state index in [1.54, 1.807) is 18.4 Å². The summed E-state index contributed by atoms with van der Waals surface area (Å²) >= 11 is 1.63. The molecule has 0 bridgehead atoms. The van der Waals surface area contributed by atoms with E-state index in [0.29, 0.717) is 6.54 Å². The number of nitrogens with zero attached hydrogens (tertiary/aromatic N) is 1. The Kier molecular flexibility index (Phi) is 6.40. The van der Waals surface area contributed by atoms with Gasteiger partial charge in [0.25, 0.3) is 0 Å². The Morgan fingerprint density at radius 2 is 2.26 bits per heavy atom. The second-order valence-corrected chi connectivity index (χ2v) is 6.31. The van der Waals surface area contributed by atoms with Crippen LogP contribution in [0.2, 0.25) is 0 Å². The fraction of sp³-hybridized carbons (Fsp3) is 0.412. The molecule has 0 saturated carbocycles. The van der Waals surface area contributed by atoms with Gasteiger partial charge in [0.15, 0.2) is 0 Å². The van der Waals surface area contributed by atoms with Crippen LogP contribution in [0.4, 0.5) is 4.79 Å². The number of hydrogen-bond donors (Lipinski definition) is 2. The molecule has 2 amide bonds. The summed E-state index contributed by atoms with van der Waals surface area (Å²) < 4.78 is 5.21. The quantitative estimate of drug-likeness (QED) is 0.818. The van der Waals surface area contributed by atoms with E-state index in [1.807, 2.05) is 36.6 Å². The van der Waals surface area contributed by atoms with Gasteiger partial charge >= 0.3 is 6.03 Å². The van der Waals surface area contributed by atoms with E-state index >= 15 is 0 Å². The minimum absolute atomic E-state index is 0.0312. The van der Waals surface area contributed by atoms with E-state index in [2.05, 4.69) is 22.5 Å². The molecular weight excluding hydrogens is 310 g/mol. The maximum atomic E-state index is 11.9. The van der Waals surface area contributed by atoms with Crippen molar-refractivity contribution in [1.82, 2.24) is 15.6 Å². The lowest BCUT2D eigenvalue weighted by Gasteiger charge is -2.15. The van der Waals surface area contributed by atoms with Gasteiger partial charge in [-0.3, -0.25) is 0 Å². The Morgan fingerprint density at radius 1 is 1.43 bits per heavy atom. The van der Waals surface area contributed by atoms with Crippen molar-refractivity contribution in [3.63, 3.8) is 0 Å². The SMILES string of the molecule is CCc1nc(CNC(=O)N[C@H](C)Cc2cccc(OC)c2)cs1. The largest absolute Gasteiger partial charge is 0.497 e. The van der Waals surface area contributed by atoms with Gasteiger partial charge in [-0.1, -0.05) is 19.1 Å². The van der Waals surface area contributed by atoms with Gasteiger partial charge in [-0.2, -0.15) is 0 Å². The number of aryl methyl sites for hydroxylation is 1. The molecule has 2 rings (SSSR count). The predicted molar refractivity (Wildman–Crippen MR) is 93.0 cm³/mol. The first-order valence-electron chi connectivity index (χ1n) is 7.71. The number of carbonyl (C=O) groups excluding carboxylic acids is 1. The highest BCUT2D eigenvalue weighted by Gasteiger charge is 2.09. The summed E-state index contributed by atoms with van der Waals surface area (Å²) in [5.74, 6) is 0.828. The molecule has 0 aliphatic heterocycles. The molecule has 2 N–H and O–H groups in total. The van der Waals surface area contributed by atoms with E-state index in [9.17, 15) is 4.79 Å². The van der Waals surface area contributed by atoms with Gasteiger partial charge in [0, 0.05) is 11.4 Å². The maximum Gasteiger partial charge on any atom is 0.315 e. The van der Waals surface area contributed by atoms with Crippen molar-refractivity contribution in [2.24, 2.45) is 0 Å². The molecule has 0 aliphatic rings. The zero-order chi connectivity index (χ0) is 16.7. The average Bonchev–Trinajstić information content (AvgIpc) is 3.01. The van der Waals surface area contributed by atoms with Crippen LogP contribution in [0.3, 0.4) is 0 Å². The topological polar surface area (TPSA) is 63.2 Å². The standard InChI is InChI=1S/C17H23N3O2S/c1-4-16-20-14(11-23-16)10-18-17(21)19-12(2)8-13-6-5-7-15(9-13)22-3/h5-7,9,11-12H,4,8,10H2,1-3H3,(H2,18,19,21)/t12-/m1/s1. The highest BCUT2D eigenvalue weighted by molar-refractivity contribution is 7.09. The molecule has 1 atom stereocenters. The maximum absolute atomic E-state index is 11.9. The third-order valence-corrected chi connectivity index (χ3v) is 4.43. The first-order chi connectivity index (χ1) is 11.1. The molecule has 124 valence electrons. The number of amides is 2. The van der Waals surface area contributed by atoms with E-state index in [1.165, 1.54) is 0 Å². The Morgan fingerprint density at radius 3 is 2.96 bits per heavy atom. The van der Waals surface area contributed by atoms with Crippen molar-refractivity contribution < 1.29 is 9.53 Å². The van der Waals surface area contributed by atoms with Crippen molar-refractivity contribution in [1.29, 1.82) is 0 Å².